The first-order valence-electron chi connectivity index (χ1n) is 8.75. The highest BCUT2D eigenvalue weighted by atomic mass is 16.5. The van der Waals surface area contributed by atoms with Crippen LogP contribution in [-0.2, 0) is 19.1 Å². The van der Waals surface area contributed by atoms with E-state index in [4.69, 9.17) is 14.6 Å². The van der Waals surface area contributed by atoms with Gasteiger partial charge in [-0.3, -0.25) is 9.59 Å². The van der Waals surface area contributed by atoms with E-state index in [1.165, 1.54) is 0 Å². The van der Waals surface area contributed by atoms with Crippen LogP contribution >= 0.6 is 0 Å². The molecule has 0 aromatic heterocycles. The second-order valence-corrected chi connectivity index (χ2v) is 6.26. The van der Waals surface area contributed by atoms with E-state index in [1.54, 1.807) is 6.92 Å². The lowest BCUT2D eigenvalue weighted by atomic mass is 9.92. The highest BCUT2D eigenvalue weighted by molar-refractivity contribution is 5.69. The van der Waals surface area contributed by atoms with Gasteiger partial charge in [-0.15, -0.1) is 0 Å². The van der Waals surface area contributed by atoms with E-state index in [0.29, 0.717) is 12.8 Å². The fourth-order valence-electron chi connectivity index (χ4n) is 2.01. The normalized spacial score (nSPS) is 12.7. The Morgan fingerprint density at radius 3 is 2.04 bits per heavy atom. The highest BCUT2D eigenvalue weighted by Crippen LogP contribution is 2.18. The molecule has 0 aromatic rings. The van der Waals surface area contributed by atoms with Crippen LogP contribution in [0.3, 0.4) is 0 Å². The second-order valence-electron chi connectivity index (χ2n) is 6.26. The molecule has 0 fully saturated rings. The van der Waals surface area contributed by atoms with E-state index >= 15 is 0 Å². The summed E-state index contributed by atoms with van der Waals surface area (Å²) in [6.07, 6.45) is 2.68. The van der Waals surface area contributed by atoms with Crippen molar-refractivity contribution < 1.29 is 39.5 Å². The van der Waals surface area contributed by atoms with Crippen molar-refractivity contribution in [3.8, 4) is 0 Å². The van der Waals surface area contributed by atoms with Gasteiger partial charge in [0, 0.05) is 19.4 Å². The van der Waals surface area contributed by atoms with Gasteiger partial charge in [-0.1, -0.05) is 19.8 Å². The van der Waals surface area contributed by atoms with Crippen molar-refractivity contribution in [2.24, 2.45) is 5.41 Å². The van der Waals surface area contributed by atoms with E-state index < -0.39 is 36.7 Å². The van der Waals surface area contributed by atoms with Gasteiger partial charge in [0.25, 0.3) is 0 Å². The lowest BCUT2D eigenvalue weighted by molar-refractivity contribution is -0.159. The molecule has 148 valence electrons. The Hall–Kier alpha value is -1.22. The van der Waals surface area contributed by atoms with Gasteiger partial charge in [0.1, 0.15) is 13.2 Å². The van der Waals surface area contributed by atoms with Gasteiger partial charge in [-0.05, 0) is 19.3 Å². The topological polar surface area (TPSA) is 134 Å². The number of rotatable bonds is 15. The van der Waals surface area contributed by atoms with Gasteiger partial charge in [0.15, 0.2) is 0 Å². The van der Waals surface area contributed by atoms with E-state index in [9.17, 15) is 24.9 Å². The summed E-state index contributed by atoms with van der Waals surface area (Å²) in [7, 11) is 0. The summed E-state index contributed by atoms with van der Waals surface area (Å²) < 4.78 is 9.98. The largest absolute Gasteiger partial charge is 0.465 e. The third-order valence-corrected chi connectivity index (χ3v) is 3.92. The summed E-state index contributed by atoms with van der Waals surface area (Å²) in [5.74, 6) is -1.02. The number of unbranched alkanes of at least 4 members (excludes halogenated alkanes) is 2. The first-order chi connectivity index (χ1) is 11.9. The van der Waals surface area contributed by atoms with Gasteiger partial charge in [0.2, 0.25) is 0 Å². The summed E-state index contributed by atoms with van der Waals surface area (Å²) in [5.41, 5.74) is -1.23. The van der Waals surface area contributed by atoms with E-state index in [2.05, 4.69) is 0 Å². The summed E-state index contributed by atoms with van der Waals surface area (Å²) in [5, 5.41) is 37.3. The van der Waals surface area contributed by atoms with Gasteiger partial charge >= 0.3 is 11.9 Å². The van der Waals surface area contributed by atoms with Crippen LogP contribution in [0.15, 0.2) is 0 Å². The molecular weight excluding hydrogens is 332 g/mol. The smallest absolute Gasteiger partial charge is 0.305 e. The fraction of sp³-hybridized carbons (Fsp3) is 0.882. The standard InChI is InChI=1S/C17H32O8/c1-2-15(22)24-12-17(10-19,11-20)13-25-16(23)8-7-14(21)6-4-3-5-9-18/h14,18-21H,2-13H2,1H3. The van der Waals surface area contributed by atoms with Gasteiger partial charge in [-0.2, -0.15) is 0 Å². The Kier molecular flexibility index (Phi) is 13.3. The number of carbonyl (C=O) groups excluding carboxylic acids is 2. The maximum absolute atomic E-state index is 11.8. The Morgan fingerprint density at radius 2 is 1.52 bits per heavy atom. The van der Waals surface area contributed by atoms with Crippen LogP contribution in [0.25, 0.3) is 0 Å². The molecule has 8 heteroatoms. The molecule has 25 heavy (non-hydrogen) atoms. The molecule has 0 bridgehead atoms. The minimum absolute atomic E-state index is 0.0167. The van der Waals surface area contributed by atoms with Crippen molar-refractivity contribution in [2.45, 2.75) is 58.0 Å². The number of esters is 2. The van der Waals surface area contributed by atoms with E-state index in [0.717, 1.165) is 12.8 Å². The first-order valence-corrected chi connectivity index (χ1v) is 8.75. The zero-order valence-corrected chi connectivity index (χ0v) is 15.0. The van der Waals surface area contributed by atoms with Crippen LogP contribution in [0.4, 0.5) is 0 Å². The van der Waals surface area contributed by atoms with Crippen molar-refractivity contribution in [2.75, 3.05) is 33.0 Å². The third-order valence-electron chi connectivity index (χ3n) is 3.92. The zero-order valence-electron chi connectivity index (χ0n) is 15.0. The van der Waals surface area contributed by atoms with Crippen LogP contribution in [-0.4, -0.2) is 71.5 Å². The summed E-state index contributed by atoms with van der Waals surface area (Å²) >= 11 is 0. The molecule has 0 aliphatic rings. The number of hydrogen-bond donors (Lipinski definition) is 4. The predicted molar refractivity (Wildman–Crippen MR) is 89.6 cm³/mol. The Bertz CT molecular complexity index is 368. The minimum Gasteiger partial charge on any atom is -0.465 e. The Balaban J connectivity index is 4.14. The van der Waals surface area contributed by atoms with Crippen molar-refractivity contribution in [3.05, 3.63) is 0 Å². The molecule has 0 aromatic carbocycles. The summed E-state index contributed by atoms with van der Waals surface area (Å²) in [6, 6.07) is 0. The zero-order chi connectivity index (χ0) is 19.1. The molecule has 0 aliphatic heterocycles. The number of carbonyl (C=O) groups is 2. The lowest BCUT2D eigenvalue weighted by Gasteiger charge is -2.28. The third kappa shape index (κ3) is 11.1. The van der Waals surface area contributed by atoms with Crippen molar-refractivity contribution >= 4 is 11.9 Å². The molecule has 1 unspecified atom stereocenters. The first kappa shape index (κ1) is 23.8. The molecule has 0 saturated carbocycles. The van der Waals surface area contributed by atoms with Gasteiger partial charge < -0.3 is 29.9 Å². The Labute approximate surface area is 148 Å². The number of hydrogen-bond acceptors (Lipinski definition) is 8. The monoisotopic (exact) mass is 364 g/mol. The van der Waals surface area contributed by atoms with Gasteiger partial charge in [0.05, 0.1) is 24.7 Å². The molecular formula is C17H32O8. The molecule has 0 amide bonds. The quantitative estimate of drug-likeness (QED) is 0.238. The molecule has 8 nitrogen and oxygen atoms in total. The van der Waals surface area contributed by atoms with E-state index in [1.807, 2.05) is 0 Å². The highest BCUT2D eigenvalue weighted by Gasteiger charge is 2.32. The summed E-state index contributed by atoms with van der Waals surface area (Å²) in [6.45, 7) is 0.239. The number of ether oxygens (including phenoxy) is 2. The molecule has 0 aliphatic carbocycles. The van der Waals surface area contributed by atoms with Crippen LogP contribution in [0.2, 0.25) is 0 Å². The van der Waals surface area contributed by atoms with Crippen LogP contribution in [0, 0.1) is 5.41 Å². The van der Waals surface area contributed by atoms with Crippen LogP contribution in [0.5, 0.6) is 0 Å². The number of aliphatic hydroxyl groups is 4. The predicted octanol–water partition coefficient (Wildman–Crippen LogP) is 0.148. The maximum Gasteiger partial charge on any atom is 0.305 e. The minimum atomic E-state index is -1.23. The molecule has 0 radical (unpaired) electrons. The average Bonchev–Trinajstić information content (AvgIpc) is 2.64. The summed E-state index contributed by atoms with van der Waals surface area (Å²) in [4.78, 5) is 23.0. The average molecular weight is 364 g/mol. The van der Waals surface area contributed by atoms with Crippen LogP contribution in [0.1, 0.15) is 51.9 Å². The van der Waals surface area contributed by atoms with Crippen molar-refractivity contribution in [1.82, 2.24) is 0 Å². The molecule has 1 atom stereocenters. The molecule has 0 saturated heterocycles. The Morgan fingerprint density at radius 1 is 0.920 bits per heavy atom. The second kappa shape index (κ2) is 14.0. The fourth-order valence-corrected chi connectivity index (χ4v) is 2.01. The van der Waals surface area contributed by atoms with Crippen LogP contribution < -0.4 is 0 Å². The molecule has 0 rings (SSSR count). The maximum atomic E-state index is 11.8. The van der Waals surface area contributed by atoms with E-state index in [-0.39, 0.29) is 39.1 Å². The van der Waals surface area contributed by atoms with Crippen molar-refractivity contribution in [1.29, 1.82) is 0 Å². The molecule has 4 N–H and O–H groups in total. The van der Waals surface area contributed by atoms with Gasteiger partial charge in [-0.25, -0.2) is 0 Å². The number of aliphatic hydroxyl groups excluding tert-OH is 4. The van der Waals surface area contributed by atoms with Crippen molar-refractivity contribution in [3.63, 3.8) is 0 Å². The molecule has 0 heterocycles. The SMILES string of the molecule is CCC(=O)OCC(CO)(CO)COC(=O)CCC(O)CCCCCO. The molecule has 0 spiro atoms. The lowest BCUT2D eigenvalue weighted by Crippen LogP contribution is -2.41.